The Morgan fingerprint density at radius 3 is 2.68 bits per heavy atom. The maximum atomic E-state index is 12.1. The van der Waals surface area contributed by atoms with Crippen molar-refractivity contribution in [2.24, 2.45) is 0 Å². The first kappa shape index (κ1) is 14.0. The predicted octanol–water partition coefficient (Wildman–Crippen LogP) is 0.659. The van der Waals surface area contributed by atoms with Gasteiger partial charge in [0, 0.05) is 12.7 Å². The Bertz CT molecular complexity index is 370. The molecule has 106 valence electrons. The van der Waals surface area contributed by atoms with Crippen molar-refractivity contribution in [3.05, 3.63) is 12.4 Å². The summed E-state index contributed by atoms with van der Waals surface area (Å²) < 4.78 is 1.72. The van der Waals surface area contributed by atoms with Crippen molar-refractivity contribution in [3.8, 4) is 0 Å². The third kappa shape index (κ3) is 4.31. The lowest BCUT2D eigenvalue weighted by atomic mass is 10.2. The third-order valence-electron chi connectivity index (χ3n) is 3.68. The highest BCUT2D eigenvalue weighted by molar-refractivity contribution is 5.81. The Morgan fingerprint density at radius 1 is 1.32 bits per heavy atom. The van der Waals surface area contributed by atoms with E-state index in [1.807, 2.05) is 6.92 Å². The van der Waals surface area contributed by atoms with Gasteiger partial charge in [-0.15, -0.1) is 5.10 Å². The van der Waals surface area contributed by atoms with Gasteiger partial charge in [0.15, 0.2) is 0 Å². The summed E-state index contributed by atoms with van der Waals surface area (Å²) in [7, 11) is 0. The lowest BCUT2D eigenvalue weighted by Gasteiger charge is -2.26. The van der Waals surface area contributed by atoms with E-state index in [-0.39, 0.29) is 11.9 Å². The van der Waals surface area contributed by atoms with E-state index < -0.39 is 0 Å². The predicted molar refractivity (Wildman–Crippen MR) is 72.5 cm³/mol. The van der Waals surface area contributed by atoms with Crippen molar-refractivity contribution in [1.29, 1.82) is 0 Å². The third-order valence-corrected chi connectivity index (χ3v) is 3.68. The summed E-state index contributed by atoms with van der Waals surface area (Å²) in [6.45, 7) is 5.34. The van der Waals surface area contributed by atoms with E-state index in [9.17, 15) is 4.79 Å². The van der Waals surface area contributed by atoms with Crippen LogP contribution in [0.5, 0.6) is 0 Å². The molecule has 0 saturated carbocycles. The van der Waals surface area contributed by atoms with Crippen molar-refractivity contribution < 1.29 is 4.79 Å². The molecular formula is C13H23N5O. The standard InChI is InChI=1S/C13H23N5O/c1-12(17-8-4-2-3-5-9-17)13(19)14-6-10-18-11-7-15-16-18/h7,11-12H,2-6,8-10H2,1H3,(H,14,19)/t12-/m1/s1. The molecule has 0 unspecified atom stereocenters. The molecule has 0 aliphatic carbocycles. The van der Waals surface area contributed by atoms with Crippen LogP contribution in [-0.4, -0.2) is 51.5 Å². The molecule has 1 atom stereocenters. The Kier molecular flexibility index (Phi) is 5.32. The maximum Gasteiger partial charge on any atom is 0.237 e. The van der Waals surface area contributed by atoms with E-state index in [4.69, 9.17) is 0 Å². The van der Waals surface area contributed by atoms with Gasteiger partial charge in [-0.2, -0.15) is 0 Å². The molecule has 0 spiro atoms. The van der Waals surface area contributed by atoms with Gasteiger partial charge in [-0.3, -0.25) is 14.4 Å². The highest BCUT2D eigenvalue weighted by atomic mass is 16.2. The Hall–Kier alpha value is -1.43. The zero-order valence-corrected chi connectivity index (χ0v) is 11.6. The summed E-state index contributed by atoms with van der Waals surface area (Å²) in [6, 6.07) is -0.0335. The molecule has 1 aliphatic rings. The Labute approximate surface area is 114 Å². The van der Waals surface area contributed by atoms with Crippen LogP contribution in [0.15, 0.2) is 12.4 Å². The summed E-state index contributed by atoms with van der Waals surface area (Å²) in [5.41, 5.74) is 0. The highest BCUT2D eigenvalue weighted by Gasteiger charge is 2.21. The van der Waals surface area contributed by atoms with Crippen LogP contribution in [0.2, 0.25) is 0 Å². The van der Waals surface area contributed by atoms with E-state index in [0.717, 1.165) is 13.1 Å². The van der Waals surface area contributed by atoms with Crippen LogP contribution in [0.4, 0.5) is 0 Å². The fraction of sp³-hybridized carbons (Fsp3) is 0.769. The van der Waals surface area contributed by atoms with Crippen molar-refractivity contribution in [2.45, 2.75) is 45.2 Å². The lowest BCUT2D eigenvalue weighted by Crippen LogP contribution is -2.46. The number of hydrogen-bond acceptors (Lipinski definition) is 4. The molecule has 6 nitrogen and oxygen atoms in total. The van der Waals surface area contributed by atoms with Crippen LogP contribution in [0.1, 0.15) is 32.6 Å². The quantitative estimate of drug-likeness (QED) is 0.849. The van der Waals surface area contributed by atoms with Gasteiger partial charge in [0.1, 0.15) is 0 Å². The second-order valence-electron chi connectivity index (χ2n) is 5.08. The molecule has 1 fully saturated rings. The fourth-order valence-corrected chi connectivity index (χ4v) is 2.44. The van der Waals surface area contributed by atoms with Gasteiger partial charge in [-0.1, -0.05) is 18.1 Å². The number of likely N-dealkylation sites (tertiary alicyclic amines) is 1. The molecule has 19 heavy (non-hydrogen) atoms. The molecule has 2 rings (SSSR count). The summed E-state index contributed by atoms with van der Waals surface area (Å²) in [4.78, 5) is 14.4. The first-order chi connectivity index (χ1) is 9.27. The van der Waals surface area contributed by atoms with E-state index in [0.29, 0.717) is 13.1 Å². The maximum absolute atomic E-state index is 12.1. The van der Waals surface area contributed by atoms with Crippen molar-refractivity contribution in [2.75, 3.05) is 19.6 Å². The van der Waals surface area contributed by atoms with Gasteiger partial charge < -0.3 is 5.32 Å². The van der Waals surface area contributed by atoms with Gasteiger partial charge in [-0.25, -0.2) is 0 Å². The first-order valence-corrected chi connectivity index (χ1v) is 7.13. The summed E-state index contributed by atoms with van der Waals surface area (Å²) >= 11 is 0. The molecule has 0 bridgehead atoms. The first-order valence-electron chi connectivity index (χ1n) is 7.13. The van der Waals surface area contributed by atoms with Crippen LogP contribution in [0.25, 0.3) is 0 Å². The van der Waals surface area contributed by atoms with Crippen molar-refractivity contribution in [3.63, 3.8) is 0 Å². The van der Waals surface area contributed by atoms with Gasteiger partial charge >= 0.3 is 0 Å². The summed E-state index contributed by atoms with van der Waals surface area (Å²) in [5.74, 6) is 0.113. The van der Waals surface area contributed by atoms with Crippen LogP contribution >= 0.6 is 0 Å². The van der Waals surface area contributed by atoms with Crippen LogP contribution in [0, 0.1) is 0 Å². The average Bonchev–Trinajstić information content (AvgIpc) is 2.78. The molecule has 6 heteroatoms. The summed E-state index contributed by atoms with van der Waals surface area (Å²) in [6.07, 6.45) is 8.42. The van der Waals surface area contributed by atoms with Crippen LogP contribution < -0.4 is 5.32 Å². The Morgan fingerprint density at radius 2 is 2.05 bits per heavy atom. The van der Waals surface area contributed by atoms with Gasteiger partial charge in [0.05, 0.1) is 18.8 Å². The molecule has 1 amide bonds. The number of aromatic nitrogens is 3. The van der Waals surface area contributed by atoms with Crippen LogP contribution in [-0.2, 0) is 11.3 Å². The van der Waals surface area contributed by atoms with E-state index in [1.165, 1.54) is 25.7 Å². The molecule has 1 aliphatic heterocycles. The molecule has 2 heterocycles. The normalized spacial score (nSPS) is 18.8. The van der Waals surface area contributed by atoms with Gasteiger partial charge in [-0.05, 0) is 32.9 Å². The molecule has 1 aromatic heterocycles. The fourth-order valence-electron chi connectivity index (χ4n) is 2.44. The van der Waals surface area contributed by atoms with E-state index >= 15 is 0 Å². The zero-order valence-electron chi connectivity index (χ0n) is 11.6. The van der Waals surface area contributed by atoms with Gasteiger partial charge in [0.2, 0.25) is 5.91 Å². The molecule has 0 aromatic carbocycles. The molecule has 1 aromatic rings. The molecule has 1 saturated heterocycles. The van der Waals surface area contributed by atoms with E-state index in [2.05, 4.69) is 20.5 Å². The number of carbonyl (C=O) groups is 1. The molecule has 0 radical (unpaired) electrons. The zero-order chi connectivity index (χ0) is 13.5. The van der Waals surface area contributed by atoms with Crippen molar-refractivity contribution in [1.82, 2.24) is 25.2 Å². The number of nitrogens with one attached hydrogen (secondary N) is 1. The second-order valence-corrected chi connectivity index (χ2v) is 5.08. The Balaban J connectivity index is 1.72. The minimum Gasteiger partial charge on any atom is -0.353 e. The van der Waals surface area contributed by atoms with Crippen LogP contribution in [0.3, 0.4) is 0 Å². The second kappa shape index (κ2) is 7.23. The van der Waals surface area contributed by atoms with E-state index in [1.54, 1.807) is 17.1 Å². The SMILES string of the molecule is C[C@H](C(=O)NCCn1ccnn1)N1CCCCCC1. The topological polar surface area (TPSA) is 63.1 Å². The lowest BCUT2D eigenvalue weighted by molar-refractivity contribution is -0.125. The molecular weight excluding hydrogens is 242 g/mol. The highest BCUT2D eigenvalue weighted by Crippen LogP contribution is 2.12. The van der Waals surface area contributed by atoms with Gasteiger partial charge in [0.25, 0.3) is 0 Å². The minimum atomic E-state index is -0.0335. The number of hydrogen-bond donors (Lipinski definition) is 1. The van der Waals surface area contributed by atoms with Crippen molar-refractivity contribution >= 4 is 5.91 Å². The average molecular weight is 265 g/mol. The number of rotatable bonds is 5. The molecule has 1 N–H and O–H groups in total. The minimum absolute atomic E-state index is 0.0335. The number of carbonyl (C=O) groups excluding carboxylic acids is 1. The smallest absolute Gasteiger partial charge is 0.237 e. The monoisotopic (exact) mass is 265 g/mol. The summed E-state index contributed by atoms with van der Waals surface area (Å²) in [5, 5.41) is 10.6. The number of nitrogens with zero attached hydrogens (tertiary/aromatic N) is 4. The number of amides is 1. The largest absolute Gasteiger partial charge is 0.353 e.